The smallest absolute Gasteiger partial charge is 0.138 e. The largest absolute Gasteiger partial charge is 0.491 e. The first-order chi connectivity index (χ1) is 11.6. The van der Waals surface area contributed by atoms with E-state index in [0.29, 0.717) is 25.4 Å². The average molecular weight is 324 g/mol. The summed E-state index contributed by atoms with van der Waals surface area (Å²) in [4.78, 5) is 4.60. The highest BCUT2D eigenvalue weighted by Crippen LogP contribution is 2.23. The number of para-hydroxylation sites is 2. The van der Waals surface area contributed by atoms with Crippen molar-refractivity contribution in [2.45, 2.75) is 39.8 Å². The summed E-state index contributed by atoms with van der Waals surface area (Å²) in [7, 11) is 0. The molecule has 0 aliphatic carbocycles. The second-order valence-electron chi connectivity index (χ2n) is 6.15. The Labute approximate surface area is 142 Å². The third-order valence-corrected chi connectivity index (χ3v) is 4.27. The van der Waals surface area contributed by atoms with Crippen LogP contribution in [0.15, 0.2) is 42.5 Å². The Kier molecular flexibility index (Phi) is 4.86. The Morgan fingerprint density at radius 2 is 1.96 bits per heavy atom. The van der Waals surface area contributed by atoms with Crippen LogP contribution in [0.2, 0.25) is 0 Å². The molecule has 126 valence electrons. The number of imidazole rings is 1. The highest BCUT2D eigenvalue weighted by atomic mass is 16.5. The van der Waals surface area contributed by atoms with Gasteiger partial charge in [-0.1, -0.05) is 36.8 Å². The summed E-state index contributed by atoms with van der Waals surface area (Å²) >= 11 is 0. The second-order valence-corrected chi connectivity index (χ2v) is 6.15. The molecule has 24 heavy (non-hydrogen) atoms. The number of benzene rings is 2. The molecule has 0 spiro atoms. The van der Waals surface area contributed by atoms with Gasteiger partial charge in [0.25, 0.3) is 0 Å². The van der Waals surface area contributed by atoms with Crippen molar-refractivity contribution < 1.29 is 9.84 Å². The quantitative estimate of drug-likeness (QED) is 0.740. The van der Waals surface area contributed by atoms with Crippen molar-refractivity contribution in [1.82, 2.24) is 9.55 Å². The molecule has 4 heteroatoms. The van der Waals surface area contributed by atoms with Crippen molar-refractivity contribution in [3.8, 4) is 5.75 Å². The number of hydrogen-bond acceptors (Lipinski definition) is 3. The van der Waals surface area contributed by atoms with Gasteiger partial charge < -0.3 is 14.4 Å². The predicted molar refractivity (Wildman–Crippen MR) is 96.4 cm³/mol. The summed E-state index contributed by atoms with van der Waals surface area (Å²) in [6, 6.07) is 14.2. The Morgan fingerprint density at radius 1 is 1.17 bits per heavy atom. The summed E-state index contributed by atoms with van der Waals surface area (Å²) in [5.41, 5.74) is 4.31. The van der Waals surface area contributed by atoms with Crippen LogP contribution in [0.5, 0.6) is 5.75 Å². The summed E-state index contributed by atoms with van der Waals surface area (Å²) in [6.45, 7) is 7.28. The predicted octanol–water partition coefficient (Wildman–Crippen LogP) is 4.18. The first-order valence-electron chi connectivity index (χ1n) is 8.43. The third kappa shape index (κ3) is 3.29. The molecule has 4 nitrogen and oxygen atoms in total. The second kappa shape index (κ2) is 7.05. The van der Waals surface area contributed by atoms with Gasteiger partial charge in [0.15, 0.2) is 0 Å². The van der Waals surface area contributed by atoms with Crippen LogP contribution < -0.4 is 4.74 Å². The lowest BCUT2D eigenvalue weighted by molar-refractivity contribution is 0.157. The fraction of sp³-hybridized carbons (Fsp3) is 0.350. The number of aliphatic hydroxyl groups is 1. The van der Waals surface area contributed by atoms with Crippen LogP contribution in [0.3, 0.4) is 0 Å². The lowest BCUT2D eigenvalue weighted by atomic mass is 10.1. The Hall–Kier alpha value is -2.33. The number of nitrogens with zero attached hydrogens (tertiary/aromatic N) is 2. The summed E-state index contributed by atoms with van der Waals surface area (Å²) in [6.07, 6.45) is 0.0832. The van der Waals surface area contributed by atoms with Gasteiger partial charge in [0, 0.05) is 0 Å². The number of aliphatic hydroxyl groups excluding tert-OH is 1. The standard InChI is InChI=1S/C20H24N2O2/c1-4-18(23)20-21-16-7-5-6-8-17(16)22(20)11-12-24-19-10-9-14(2)13-15(19)3/h5-10,13,18,23H,4,11-12H2,1-3H3. The molecule has 1 aromatic heterocycles. The van der Waals surface area contributed by atoms with Gasteiger partial charge in [-0.15, -0.1) is 0 Å². The molecule has 1 N–H and O–H groups in total. The number of hydrogen-bond donors (Lipinski definition) is 1. The van der Waals surface area contributed by atoms with Crippen molar-refractivity contribution in [3.05, 3.63) is 59.4 Å². The zero-order valence-electron chi connectivity index (χ0n) is 14.5. The topological polar surface area (TPSA) is 47.3 Å². The molecule has 0 bridgehead atoms. The van der Waals surface area contributed by atoms with Crippen molar-refractivity contribution in [1.29, 1.82) is 0 Å². The van der Waals surface area contributed by atoms with E-state index in [9.17, 15) is 5.11 Å². The zero-order valence-corrected chi connectivity index (χ0v) is 14.5. The minimum absolute atomic E-state index is 0.535. The van der Waals surface area contributed by atoms with Gasteiger partial charge in [-0.3, -0.25) is 0 Å². The number of rotatable bonds is 6. The monoisotopic (exact) mass is 324 g/mol. The van der Waals surface area contributed by atoms with E-state index in [4.69, 9.17) is 4.74 Å². The molecule has 0 radical (unpaired) electrons. The summed E-state index contributed by atoms with van der Waals surface area (Å²) < 4.78 is 8.01. The number of aromatic nitrogens is 2. The fourth-order valence-electron chi connectivity index (χ4n) is 2.97. The maximum atomic E-state index is 10.3. The highest BCUT2D eigenvalue weighted by Gasteiger charge is 2.16. The van der Waals surface area contributed by atoms with Gasteiger partial charge in [0.1, 0.15) is 24.3 Å². The van der Waals surface area contributed by atoms with Crippen LogP contribution in [0.1, 0.15) is 36.4 Å². The van der Waals surface area contributed by atoms with E-state index in [0.717, 1.165) is 22.3 Å². The number of fused-ring (bicyclic) bond motifs is 1. The molecule has 0 fully saturated rings. The number of aryl methyl sites for hydroxylation is 2. The Bertz CT molecular complexity index is 839. The zero-order chi connectivity index (χ0) is 17.1. The first kappa shape index (κ1) is 16.5. The van der Waals surface area contributed by atoms with E-state index >= 15 is 0 Å². The molecule has 1 atom stereocenters. The van der Waals surface area contributed by atoms with Crippen LogP contribution in [0, 0.1) is 13.8 Å². The molecule has 0 aliphatic rings. The van der Waals surface area contributed by atoms with E-state index < -0.39 is 6.10 Å². The van der Waals surface area contributed by atoms with Crippen LogP contribution >= 0.6 is 0 Å². The molecule has 3 aromatic rings. The molecule has 0 saturated heterocycles. The van der Waals surface area contributed by atoms with Crippen LogP contribution in [-0.2, 0) is 6.54 Å². The summed E-state index contributed by atoms with van der Waals surface area (Å²) in [5, 5.41) is 10.3. The fourth-order valence-corrected chi connectivity index (χ4v) is 2.97. The van der Waals surface area contributed by atoms with Gasteiger partial charge in [0.05, 0.1) is 17.6 Å². The first-order valence-corrected chi connectivity index (χ1v) is 8.43. The minimum Gasteiger partial charge on any atom is -0.491 e. The van der Waals surface area contributed by atoms with Crippen LogP contribution in [0.25, 0.3) is 11.0 Å². The molecular formula is C20H24N2O2. The molecule has 0 aliphatic heterocycles. The van der Waals surface area contributed by atoms with E-state index in [1.54, 1.807) is 0 Å². The molecule has 0 saturated carbocycles. The van der Waals surface area contributed by atoms with Gasteiger partial charge in [-0.2, -0.15) is 0 Å². The number of ether oxygens (including phenoxy) is 1. The lowest BCUT2D eigenvalue weighted by Gasteiger charge is -2.14. The minimum atomic E-state index is -0.557. The van der Waals surface area contributed by atoms with Crippen LogP contribution in [0.4, 0.5) is 0 Å². The normalized spacial score (nSPS) is 12.5. The summed E-state index contributed by atoms with van der Waals surface area (Å²) in [5.74, 6) is 1.62. The van der Waals surface area contributed by atoms with Crippen molar-refractivity contribution >= 4 is 11.0 Å². The van der Waals surface area contributed by atoms with Gasteiger partial charge in [0.2, 0.25) is 0 Å². The molecule has 0 amide bonds. The highest BCUT2D eigenvalue weighted by molar-refractivity contribution is 5.76. The SMILES string of the molecule is CCC(O)c1nc2ccccc2n1CCOc1ccc(C)cc1C. The molecular weight excluding hydrogens is 300 g/mol. The third-order valence-electron chi connectivity index (χ3n) is 4.27. The molecule has 1 heterocycles. The van der Waals surface area contributed by atoms with E-state index in [1.807, 2.05) is 37.3 Å². The van der Waals surface area contributed by atoms with E-state index in [-0.39, 0.29) is 0 Å². The van der Waals surface area contributed by atoms with E-state index in [1.165, 1.54) is 5.56 Å². The van der Waals surface area contributed by atoms with Crippen LogP contribution in [-0.4, -0.2) is 21.3 Å². The van der Waals surface area contributed by atoms with E-state index in [2.05, 4.69) is 35.5 Å². The maximum absolute atomic E-state index is 10.3. The average Bonchev–Trinajstić information content (AvgIpc) is 2.95. The molecule has 1 unspecified atom stereocenters. The molecule has 2 aromatic carbocycles. The Balaban J connectivity index is 1.81. The van der Waals surface area contributed by atoms with Gasteiger partial charge in [-0.05, 0) is 44.0 Å². The van der Waals surface area contributed by atoms with Crippen molar-refractivity contribution in [2.75, 3.05) is 6.61 Å². The Morgan fingerprint density at radius 3 is 2.71 bits per heavy atom. The van der Waals surface area contributed by atoms with Gasteiger partial charge in [-0.25, -0.2) is 4.98 Å². The molecule has 3 rings (SSSR count). The van der Waals surface area contributed by atoms with Gasteiger partial charge >= 0.3 is 0 Å². The maximum Gasteiger partial charge on any atom is 0.138 e. The van der Waals surface area contributed by atoms with Crippen molar-refractivity contribution in [2.24, 2.45) is 0 Å². The lowest BCUT2D eigenvalue weighted by Crippen LogP contribution is -2.14. The van der Waals surface area contributed by atoms with Crippen molar-refractivity contribution in [3.63, 3.8) is 0 Å².